The van der Waals surface area contributed by atoms with Crippen molar-refractivity contribution in [1.29, 1.82) is 0 Å². The van der Waals surface area contributed by atoms with Gasteiger partial charge in [0.05, 0.1) is 0 Å². The highest BCUT2D eigenvalue weighted by atomic mass is 16.6. The van der Waals surface area contributed by atoms with Crippen molar-refractivity contribution >= 4 is 5.97 Å². The summed E-state index contributed by atoms with van der Waals surface area (Å²) in [5.74, 6) is 0.510. The van der Waals surface area contributed by atoms with E-state index in [1.165, 1.54) is 58.4 Å². The number of esters is 1. The summed E-state index contributed by atoms with van der Waals surface area (Å²) in [5, 5.41) is 0. The van der Waals surface area contributed by atoms with E-state index in [4.69, 9.17) is 4.74 Å². The normalized spacial score (nSPS) is 28.5. The van der Waals surface area contributed by atoms with Crippen LogP contribution in [0.25, 0.3) is 0 Å². The molecule has 4 nitrogen and oxygen atoms in total. The summed E-state index contributed by atoms with van der Waals surface area (Å²) < 4.78 is 5.45. The summed E-state index contributed by atoms with van der Waals surface area (Å²) >= 11 is 0. The van der Waals surface area contributed by atoms with E-state index in [9.17, 15) is 4.79 Å². The standard InChI is InChI=1S/C18H34N2O2/c1-5-19-10-12-20(13-11-19)16-8-6-15(7-9-16)14-17(21)22-18(2,3)4/h15-16H,5-14H2,1-4H3. The number of likely N-dealkylation sites (N-methyl/N-ethyl adjacent to an activating group) is 1. The van der Waals surface area contributed by atoms with Crippen LogP contribution in [0.5, 0.6) is 0 Å². The Hall–Kier alpha value is -0.610. The van der Waals surface area contributed by atoms with Crippen molar-refractivity contribution in [2.45, 2.75) is 71.4 Å². The average Bonchev–Trinajstić information content (AvgIpc) is 2.46. The van der Waals surface area contributed by atoms with Crippen LogP contribution < -0.4 is 0 Å². The van der Waals surface area contributed by atoms with Crippen LogP contribution in [-0.4, -0.2) is 60.1 Å². The first-order chi connectivity index (χ1) is 10.4. The van der Waals surface area contributed by atoms with Crippen LogP contribution in [0.4, 0.5) is 0 Å². The first-order valence-corrected chi connectivity index (χ1v) is 9.05. The van der Waals surface area contributed by atoms with Gasteiger partial charge in [0, 0.05) is 38.6 Å². The first-order valence-electron chi connectivity index (χ1n) is 9.05. The number of piperazine rings is 1. The van der Waals surface area contributed by atoms with Gasteiger partial charge in [-0.2, -0.15) is 0 Å². The molecule has 2 rings (SSSR count). The lowest BCUT2D eigenvalue weighted by atomic mass is 9.83. The average molecular weight is 310 g/mol. The zero-order valence-electron chi connectivity index (χ0n) is 14.9. The molecule has 0 atom stereocenters. The Morgan fingerprint density at radius 2 is 1.64 bits per heavy atom. The van der Waals surface area contributed by atoms with Crippen molar-refractivity contribution in [3.63, 3.8) is 0 Å². The smallest absolute Gasteiger partial charge is 0.306 e. The molecule has 1 aliphatic heterocycles. The van der Waals surface area contributed by atoms with E-state index < -0.39 is 0 Å². The Kier molecular flexibility index (Phi) is 6.27. The monoisotopic (exact) mass is 310 g/mol. The van der Waals surface area contributed by atoms with Crippen LogP contribution in [0, 0.1) is 5.92 Å². The third-order valence-electron chi connectivity index (χ3n) is 5.06. The minimum Gasteiger partial charge on any atom is -0.460 e. The maximum Gasteiger partial charge on any atom is 0.306 e. The van der Waals surface area contributed by atoms with Crippen LogP contribution in [-0.2, 0) is 9.53 Å². The first kappa shape index (κ1) is 17.7. The third kappa shape index (κ3) is 5.54. The molecule has 2 fully saturated rings. The second-order valence-corrected chi connectivity index (χ2v) is 7.94. The molecule has 1 aliphatic carbocycles. The molecule has 2 aliphatic rings. The van der Waals surface area contributed by atoms with Gasteiger partial charge >= 0.3 is 5.97 Å². The van der Waals surface area contributed by atoms with E-state index >= 15 is 0 Å². The second-order valence-electron chi connectivity index (χ2n) is 7.94. The number of carbonyl (C=O) groups excluding carboxylic acids is 1. The fraction of sp³-hybridized carbons (Fsp3) is 0.944. The fourth-order valence-corrected chi connectivity index (χ4v) is 3.78. The fourth-order valence-electron chi connectivity index (χ4n) is 3.78. The zero-order valence-corrected chi connectivity index (χ0v) is 14.9. The Balaban J connectivity index is 1.69. The van der Waals surface area contributed by atoms with Gasteiger partial charge in [0.1, 0.15) is 5.60 Å². The molecular weight excluding hydrogens is 276 g/mol. The molecule has 0 unspecified atom stereocenters. The topological polar surface area (TPSA) is 32.8 Å². The van der Waals surface area contributed by atoms with Crippen molar-refractivity contribution in [2.75, 3.05) is 32.7 Å². The predicted molar refractivity (Wildman–Crippen MR) is 89.9 cm³/mol. The van der Waals surface area contributed by atoms with Crippen LogP contribution in [0.2, 0.25) is 0 Å². The molecule has 0 aromatic heterocycles. The third-order valence-corrected chi connectivity index (χ3v) is 5.06. The molecule has 0 aromatic carbocycles. The van der Waals surface area contributed by atoms with Crippen molar-refractivity contribution < 1.29 is 9.53 Å². The quantitative estimate of drug-likeness (QED) is 0.748. The summed E-state index contributed by atoms with van der Waals surface area (Å²) in [5.41, 5.74) is -0.354. The van der Waals surface area contributed by atoms with Crippen molar-refractivity contribution in [3.8, 4) is 0 Å². The molecule has 1 saturated carbocycles. The van der Waals surface area contributed by atoms with Crippen molar-refractivity contribution in [3.05, 3.63) is 0 Å². The molecule has 0 amide bonds. The van der Waals surface area contributed by atoms with Crippen LogP contribution in [0.15, 0.2) is 0 Å². The number of rotatable bonds is 4. The highest BCUT2D eigenvalue weighted by molar-refractivity contribution is 5.70. The van der Waals surface area contributed by atoms with Gasteiger partial charge in [-0.3, -0.25) is 9.69 Å². The van der Waals surface area contributed by atoms with Gasteiger partial charge in [0.2, 0.25) is 0 Å². The SMILES string of the molecule is CCN1CCN(C2CCC(CC(=O)OC(C)(C)C)CC2)CC1. The number of hydrogen-bond donors (Lipinski definition) is 0. The molecule has 1 heterocycles. The molecular formula is C18H34N2O2. The number of hydrogen-bond acceptors (Lipinski definition) is 4. The van der Waals surface area contributed by atoms with Gasteiger partial charge in [-0.05, 0) is 58.9 Å². The Morgan fingerprint density at radius 3 is 2.14 bits per heavy atom. The van der Waals surface area contributed by atoms with Gasteiger partial charge < -0.3 is 9.64 Å². The lowest BCUT2D eigenvalue weighted by Gasteiger charge is -2.41. The van der Waals surface area contributed by atoms with Gasteiger partial charge in [0.15, 0.2) is 0 Å². The maximum absolute atomic E-state index is 11.9. The summed E-state index contributed by atoms with van der Waals surface area (Å²) in [6, 6.07) is 0.744. The number of carbonyl (C=O) groups is 1. The number of nitrogens with zero attached hydrogens (tertiary/aromatic N) is 2. The van der Waals surface area contributed by atoms with E-state index in [0.29, 0.717) is 12.3 Å². The Bertz CT molecular complexity index is 349. The molecule has 128 valence electrons. The molecule has 0 aromatic rings. The molecule has 0 radical (unpaired) electrons. The molecule has 22 heavy (non-hydrogen) atoms. The molecule has 0 bridgehead atoms. The molecule has 4 heteroatoms. The lowest BCUT2D eigenvalue weighted by molar-refractivity contribution is -0.156. The second kappa shape index (κ2) is 7.78. The zero-order chi connectivity index (χ0) is 16.2. The predicted octanol–water partition coefficient (Wildman–Crippen LogP) is 2.91. The van der Waals surface area contributed by atoms with E-state index in [1.54, 1.807) is 0 Å². The van der Waals surface area contributed by atoms with Gasteiger partial charge in [0.25, 0.3) is 0 Å². The highest BCUT2D eigenvalue weighted by Gasteiger charge is 2.29. The molecule has 0 spiro atoms. The van der Waals surface area contributed by atoms with Crippen LogP contribution >= 0.6 is 0 Å². The summed E-state index contributed by atoms with van der Waals surface area (Å²) in [7, 11) is 0. The van der Waals surface area contributed by atoms with E-state index in [1.807, 2.05) is 20.8 Å². The van der Waals surface area contributed by atoms with E-state index in [0.717, 1.165) is 6.04 Å². The van der Waals surface area contributed by atoms with E-state index in [2.05, 4.69) is 16.7 Å². The summed E-state index contributed by atoms with van der Waals surface area (Å²) in [6.07, 6.45) is 5.46. The maximum atomic E-state index is 11.9. The van der Waals surface area contributed by atoms with Gasteiger partial charge in [-0.15, -0.1) is 0 Å². The molecule has 1 saturated heterocycles. The summed E-state index contributed by atoms with van der Waals surface area (Å²) in [4.78, 5) is 17.1. The summed E-state index contributed by atoms with van der Waals surface area (Å²) in [6.45, 7) is 14.1. The van der Waals surface area contributed by atoms with Crippen LogP contribution in [0.3, 0.4) is 0 Å². The Labute approximate surface area is 136 Å². The van der Waals surface area contributed by atoms with Crippen molar-refractivity contribution in [2.24, 2.45) is 5.92 Å². The minimum atomic E-state index is -0.354. The lowest BCUT2D eigenvalue weighted by Crippen LogP contribution is -2.51. The van der Waals surface area contributed by atoms with Crippen LogP contribution in [0.1, 0.15) is 59.8 Å². The van der Waals surface area contributed by atoms with Gasteiger partial charge in [-0.25, -0.2) is 0 Å². The number of ether oxygens (including phenoxy) is 1. The highest BCUT2D eigenvalue weighted by Crippen LogP contribution is 2.30. The van der Waals surface area contributed by atoms with E-state index in [-0.39, 0.29) is 11.6 Å². The molecule has 0 N–H and O–H groups in total. The largest absolute Gasteiger partial charge is 0.460 e. The Morgan fingerprint density at radius 1 is 1.05 bits per heavy atom. The minimum absolute atomic E-state index is 0.0208. The van der Waals surface area contributed by atoms with Gasteiger partial charge in [-0.1, -0.05) is 6.92 Å². The van der Waals surface area contributed by atoms with Crippen molar-refractivity contribution in [1.82, 2.24) is 9.80 Å².